The average Bonchev–Trinajstić information content (AvgIpc) is 2.93. The van der Waals surface area contributed by atoms with Gasteiger partial charge in [-0.15, -0.1) is 0 Å². The molecule has 0 bridgehead atoms. The highest BCUT2D eigenvalue weighted by Crippen LogP contribution is 2.25. The summed E-state index contributed by atoms with van der Waals surface area (Å²) in [6.45, 7) is 1.74. The molecule has 0 aliphatic carbocycles. The molecule has 5 nitrogen and oxygen atoms in total. The van der Waals surface area contributed by atoms with Gasteiger partial charge < -0.3 is 9.67 Å². The molecule has 3 aromatic rings. The zero-order valence-electron chi connectivity index (χ0n) is 13.6. The van der Waals surface area contributed by atoms with Crippen molar-refractivity contribution in [3.8, 4) is 0 Å². The highest BCUT2D eigenvalue weighted by Gasteiger charge is 2.22. The van der Waals surface area contributed by atoms with Crippen LogP contribution < -0.4 is 4.80 Å². The lowest BCUT2D eigenvalue weighted by Gasteiger charge is -2.13. The summed E-state index contributed by atoms with van der Waals surface area (Å²) in [5, 5.41) is 10.0. The van der Waals surface area contributed by atoms with Crippen LogP contribution in [0.2, 0.25) is 5.02 Å². The van der Waals surface area contributed by atoms with E-state index >= 15 is 0 Å². The zero-order valence-corrected chi connectivity index (χ0v) is 15.2. The number of benzene rings is 2. The molecule has 1 amide bonds. The number of halogens is 2. The molecule has 3 rings (SSSR count). The average molecular weight is 393 g/mol. The van der Waals surface area contributed by atoms with Crippen LogP contribution in [0.25, 0.3) is 10.2 Å². The minimum Gasteiger partial charge on any atom is -0.480 e. The van der Waals surface area contributed by atoms with Crippen LogP contribution in [-0.2, 0) is 4.79 Å². The number of aromatic nitrogens is 1. The summed E-state index contributed by atoms with van der Waals surface area (Å²) in [4.78, 5) is 28.5. The van der Waals surface area contributed by atoms with Crippen LogP contribution in [0.15, 0.2) is 47.5 Å². The number of hydrogen-bond acceptors (Lipinski definition) is 3. The van der Waals surface area contributed by atoms with Gasteiger partial charge in [0.15, 0.2) is 4.80 Å². The fourth-order valence-corrected chi connectivity index (χ4v) is 3.82. The van der Waals surface area contributed by atoms with Crippen molar-refractivity contribution in [1.29, 1.82) is 0 Å². The van der Waals surface area contributed by atoms with Crippen molar-refractivity contribution in [3.63, 3.8) is 0 Å². The summed E-state index contributed by atoms with van der Waals surface area (Å²) in [6.07, 6.45) is 0.311. The molecule has 0 radical (unpaired) electrons. The lowest BCUT2D eigenvalue weighted by Crippen LogP contribution is -2.27. The molecule has 134 valence electrons. The summed E-state index contributed by atoms with van der Waals surface area (Å²) >= 11 is 7.25. The molecule has 1 aromatic heterocycles. The van der Waals surface area contributed by atoms with Gasteiger partial charge in [-0.25, -0.2) is 9.18 Å². The van der Waals surface area contributed by atoms with Crippen LogP contribution in [0.4, 0.5) is 4.39 Å². The molecular weight excluding hydrogens is 379 g/mol. The molecule has 0 saturated carbocycles. The van der Waals surface area contributed by atoms with Crippen LogP contribution in [0.1, 0.15) is 29.7 Å². The van der Waals surface area contributed by atoms with E-state index in [0.29, 0.717) is 17.0 Å². The number of nitrogens with zero attached hydrogens (tertiary/aromatic N) is 2. The molecule has 26 heavy (non-hydrogen) atoms. The Bertz CT molecular complexity index is 1060. The Morgan fingerprint density at radius 2 is 1.96 bits per heavy atom. The number of amides is 1. The van der Waals surface area contributed by atoms with Crippen molar-refractivity contribution >= 4 is 45.0 Å². The minimum atomic E-state index is -1.03. The van der Waals surface area contributed by atoms with Crippen LogP contribution in [-0.4, -0.2) is 21.6 Å². The fourth-order valence-electron chi connectivity index (χ4n) is 2.61. The van der Waals surface area contributed by atoms with E-state index in [9.17, 15) is 19.1 Å². The van der Waals surface area contributed by atoms with E-state index in [0.717, 1.165) is 4.70 Å². The molecule has 8 heteroatoms. The van der Waals surface area contributed by atoms with Crippen molar-refractivity contribution in [2.24, 2.45) is 4.99 Å². The van der Waals surface area contributed by atoms with Gasteiger partial charge in [-0.2, -0.15) is 4.99 Å². The molecular formula is C18H14ClFN2O3S. The third-order valence-electron chi connectivity index (χ3n) is 3.86. The maximum Gasteiger partial charge on any atom is 0.326 e. The summed E-state index contributed by atoms with van der Waals surface area (Å²) in [6, 6.07) is 9.24. The number of fused-ring (bicyclic) bond motifs is 1. The molecule has 1 heterocycles. The van der Waals surface area contributed by atoms with Crippen LogP contribution in [0, 0.1) is 5.82 Å². The van der Waals surface area contributed by atoms with E-state index in [-0.39, 0.29) is 10.4 Å². The van der Waals surface area contributed by atoms with Crippen molar-refractivity contribution in [1.82, 2.24) is 4.57 Å². The molecule has 0 aliphatic heterocycles. The number of carboxylic acid groups (broad SMARTS) is 1. The standard InChI is InChI=1S/C18H14ClFN2O3S/c1-2-13(17(24)25)22-14-9-11(19)5-8-15(14)26-18(22)21-16(23)10-3-6-12(20)7-4-10/h3-9,13H,2H2,1H3,(H,24,25). The number of carbonyl (C=O) groups is 2. The van der Waals surface area contributed by atoms with Gasteiger partial charge in [0.2, 0.25) is 0 Å². The van der Waals surface area contributed by atoms with E-state index in [1.807, 2.05) is 0 Å². The summed E-state index contributed by atoms with van der Waals surface area (Å²) in [7, 11) is 0. The molecule has 1 unspecified atom stereocenters. The molecule has 0 aliphatic rings. The fraction of sp³-hybridized carbons (Fsp3) is 0.167. The van der Waals surface area contributed by atoms with Gasteiger partial charge in [0.05, 0.1) is 10.2 Å². The number of thiazole rings is 1. The molecule has 0 spiro atoms. The largest absolute Gasteiger partial charge is 0.480 e. The highest BCUT2D eigenvalue weighted by atomic mass is 35.5. The second-order valence-electron chi connectivity index (χ2n) is 5.55. The van der Waals surface area contributed by atoms with Gasteiger partial charge in [0, 0.05) is 10.6 Å². The number of carboxylic acids is 1. The number of carbonyl (C=O) groups excluding carboxylic acids is 1. The Morgan fingerprint density at radius 1 is 1.27 bits per heavy atom. The Morgan fingerprint density at radius 3 is 2.58 bits per heavy atom. The van der Waals surface area contributed by atoms with Gasteiger partial charge in [-0.05, 0) is 48.9 Å². The van der Waals surface area contributed by atoms with Crippen molar-refractivity contribution in [2.75, 3.05) is 0 Å². The van der Waals surface area contributed by atoms with Gasteiger partial charge in [0.25, 0.3) is 5.91 Å². The molecule has 0 fully saturated rings. The molecule has 1 atom stereocenters. The van der Waals surface area contributed by atoms with E-state index in [4.69, 9.17) is 11.6 Å². The Labute approximate surface area is 157 Å². The maximum atomic E-state index is 13.0. The summed E-state index contributed by atoms with van der Waals surface area (Å²) < 4.78 is 15.3. The van der Waals surface area contributed by atoms with E-state index in [1.54, 1.807) is 25.1 Å². The van der Waals surface area contributed by atoms with Crippen LogP contribution >= 0.6 is 22.9 Å². The first-order valence-electron chi connectivity index (χ1n) is 7.78. The maximum absolute atomic E-state index is 13.0. The minimum absolute atomic E-state index is 0.219. The third-order valence-corrected chi connectivity index (χ3v) is 5.13. The van der Waals surface area contributed by atoms with E-state index < -0.39 is 23.7 Å². The Balaban J connectivity index is 2.22. The lowest BCUT2D eigenvalue weighted by atomic mass is 10.2. The predicted molar refractivity (Wildman–Crippen MR) is 98.1 cm³/mol. The van der Waals surface area contributed by atoms with Crippen molar-refractivity contribution < 1.29 is 19.1 Å². The van der Waals surface area contributed by atoms with Crippen molar-refractivity contribution in [2.45, 2.75) is 19.4 Å². The first-order valence-corrected chi connectivity index (χ1v) is 8.98. The van der Waals surface area contributed by atoms with Crippen LogP contribution in [0.3, 0.4) is 0 Å². The molecule has 2 aromatic carbocycles. The van der Waals surface area contributed by atoms with E-state index in [1.165, 1.54) is 40.2 Å². The first-order chi connectivity index (χ1) is 12.4. The predicted octanol–water partition coefficient (Wildman–Crippen LogP) is 4.27. The summed E-state index contributed by atoms with van der Waals surface area (Å²) in [5.74, 6) is -2.05. The van der Waals surface area contributed by atoms with Gasteiger partial charge in [-0.3, -0.25) is 4.79 Å². The van der Waals surface area contributed by atoms with Crippen molar-refractivity contribution in [3.05, 3.63) is 63.7 Å². The quantitative estimate of drug-likeness (QED) is 0.720. The van der Waals surface area contributed by atoms with E-state index in [2.05, 4.69) is 4.99 Å². The SMILES string of the molecule is CCC(C(=O)O)n1c(=NC(=O)c2ccc(F)cc2)sc2ccc(Cl)cc21. The summed E-state index contributed by atoms with van der Waals surface area (Å²) in [5.41, 5.74) is 0.819. The normalized spacial score (nSPS) is 13.1. The first kappa shape index (κ1) is 18.3. The van der Waals surface area contributed by atoms with Gasteiger partial charge >= 0.3 is 5.97 Å². The smallest absolute Gasteiger partial charge is 0.326 e. The second kappa shape index (κ2) is 7.39. The lowest BCUT2D eigenvalue weighted by molar-refractivity contribution is -0.140. The second-order valence-corrected chi connectivity index (χ2v) is 7.00. The van der Waals surface area contributed by atoms with Gasteiger partial charge in [0.1, 0.15) is 11.9 Å². The number of aliphatic carboxylic acids is 1. The van der Waals surface area contributed by atoms with Crippen LogP contribution in [0.5, 0.6) is 0 Å². The number of hydrogen-bond donors (Lipinski definition) is 1. The molecule has 1 N–H and O–H groups in total. The highest BCUT2D eigenvalue weighted by molar-refractivity contribution is 7.16. The Kier molecular flexibility index (Phi) is 5.20. The third kappa shape index (κ3) is 3.54. The monoisotopic (exact) mass is 392 g/mol. The van der Waals surface area contributed by atoms with Gasteiger partial charge in [-0.1, -0.05) is 29.9 Å². The Hall–Kier alpha value is -2.51. The zero-order chi connectivity index (χ0) is 18.8. The number of rotatable bonds is 4. The molecule has 0 saturated heterocycles. The topological polar surface area (TPSA) is 71.7 Å².